The molecule has 0 spiro atoms. The molecule has 0 amide bonds. The van der Waals surface area contributed by atoms with E-state index in [0.29, 0.717) is 25.0 Å². The maximum Gasteiger partial charge on any atom is 0.229 e. The molecule has 106 valence electrons. The first-order valence-electron chi connectivity index (χ1n) is 6.27. The standard InChI is InChI=1S/C14H18N4O2/c1-10-9-16-14(18-13(10)15)17-11-3-5-12(6-4-11)20-8-7-19-2/h3-6,9H,7-8H2,1-2H3,(H3,15,16,17,18). The molecular weight excluding hydrogens is 256 g/mol. The predicted octanol–water partition coefficient (Wildman–Crippen LogP) is 2.14. The molecule has 6 heteroatoms. The van der Waals surface area contributed by atoms with Gasteiger partial charge in [0.15, 0.2) is 0 Å². The molecule has 0 atom stereocenters. The van der Waals surface area contributed by atoms with Crippen molar-refractivity contribution >= 4 is 17.5 Å². The zero-order chi connectivity index (χ0) is 14.4. The van der Waals surface area contributed by atoms with Gasteiger partial charge in [-0.05, 0) is 31.2 Å². The smallest absolute Gasteiger partial charge is 0.229 e. The van der Waals surface area contributed by atoms with Crippen LogP contribution in [-0.4, -0.2) is 30.3 Å². The second-order valence-electron chi connectivity index (χ2n) is 4.25. The van der Waals surface area contributed by atoms with Crippen LogP contribution in [0.1, 0.15) is 5.56 Å². The lowest BCUT2D eigenvalue weighted by Gasteiger charge is -2.08. The van der Waals surface area contributed by atoms with Gasteiger partial charge in [0.05, 0.1) is 6.61 Å². The number of anilines is 3. The normalized spacial score (nSPS) is 10.3. The van der Waals surface area contributed by atoms with Crippen molar-refractivity contribution in [2.24, 2.45) is 0 Å². The lowest BCUT2D eigenvalue weighted by Crippen LogP contribution is -2.04. The number of nitrogen functional groups attached to an aromatic ring is 1. The average molecular weight is 274 g/mol. The summed E-state index contributed by atoms with van der Waals surface area (Å²) in [7, 11) is 1.64. The molecule has 0 aliphatic rings. The summed E-state index contributed by atoms with van der Waals surface area (Å²) in [6.45, 7) is 2.96. The van der Waals surface area contributed by atoms with Gasteiger partial charge in [-0.3, -0.25) is 0 Å². The fourth-order valence-electron chi connectivity index (χ4n) is 1.52. The Labute approximate surface area is 118 Å². The summed E-state index contributed by atoms with van der Waals surface area (Å²) in [4.78, 5) is 8.33. The Hall–Kier alpha value is -2.34. The number of rotatable bonds is 6. The fraction of sp³-hybridized carbons (Fsp3) is 0.286. The molecule has 0 fully saturated rings. The highest BCUT2D eigenvalue weighted by molar-refractivity contribution is 5.56. The molecule has 2 aromatic rings. The highest BCUT2D eigenvalue weighted by Gasteiger charge is 2.01. The number of methoxy groups -OCH3 is 1. The number of benzene rings is 1. The lowest BCUT2D eigenvalue weighted by molar-refractivity contribution is 0.146. The molecule has 3 N–H and O–H groups in total. The van der Waals surface area contributed by atoms with Crippen LogP contribution in [0, 0.1) is 6.92 Å². The van der Waals surface area contributed by atoms with Crippen LogP contribution in [0.5, 0.6) is 5.75 Å². The molecule has 1 aromatic carbocycles. The first kappa shape index (κ1) is 14.1. The Morgan fingerprint density at radius 3 is 2.60 bits per heavy atom. The molecule has 0 aliphatic carbocycles. The van der Waals surface area contributed by atoms with Gasteiger partial charge in [-0.25, -0.2) is 4.98 Å². The van der Waals surface area contributed by atoms with Gasteiger partial charge in [-0.2, -0.15) is 4.98 Å². The van der Waals surface area contributed by atoms with Crippen LogP contribution < -0.4 is 15.8 Å². The zero-order valence-corrected chi connectivity index (χ0v) is 11.6. The van der Waals surface area contributed by atoms with Gasteiger partial charge in [-0.1, -0.05) is 0 Å². The second kappa shape index (κ2) is 6.72. The topological polar surface area (TPSA) is 82.3 Å². The molecule has 0 bridgehead atoms. The van der Waals surface area contributed by atoms with Crippen molar-refractivity contribution in [3.63, 3.8) is 0 Å². The van der Waals surface area contributed by atoms with Gasteiger partial charge in [-0.15, -0.1) is 0 Å². The van der Waals surface area contributed by atoms with Crippen LogP contribution in [0.2, 0.25) is 0 Å². The summed E-state index contributed by atoms with van der Waals surface area (Å²) in [5.74, 6) is 1.74. The Kier molecular flexibility index (Phi) is 4.73. The van der Waals surface area contributed by atoms with E-state index in [1.165, 1.54) is 0 Å². The third-order valence-corrected chi connectivity index (χ3v) is 2.68. The monoisotopic (exact) mass is 274 g/mol. The number of hydrogen-bond acceptors (Lipinski definition) is 6. The van der Waals surface area contributed by atoms with Crippen LogP contribution >= 0.6 is 0 Å². The van der Waals surface area contributed by atoms with Crippen molar-refractivity contribution in [3.05, 3.63) is 36.0 Å². The largest absolute Gasteiger partial charge is 0.491 e. The molecule has 2 rings (SSSR count). The van der Waals surface area contributed by atoms with Crippen molar-refractivity contribution in [3.8, 4) is 5.75 Å². The molecule has 0 saturated heterocycles. The van der Waals surface area contributed by atoms with Crippen LogP contribution in [0.4, 0.5) is 17.5 Å². The molecule has 20 heavy (non-hydrogen) atoms. The Morgan fingerprint density at radius 2 is 1.95 bits per heavy atom. The number of aromatic nitrogens is 2. The fourth-order valence-corrected chi connectivity index (χ4v) is 1.52. The van der Waals surface area contributed by atoms with E-state index in [0.717, 1.165) is 17.0 Å². The average Bonchev–Trinajstić information content (AvgIpc) is 2.45. The minimum atomic E-state index is 0.473. The third-order valence-electron chi connectivity index (χ3n) is 2.68. The number of nitrogens with one attached hydrogen (secondary N) is 1. The van der Waals surface area contributed by atoms with Gasteiger partial charge < -0.3 is 20.5 Å². The number of nitrogens with two attached hydrogens (primary N) is 1. The van der Waals surface area contributed by atoms with Crippen LogP contribution in [0.15, 0.2) is 30.5 Å². The maximum atomic E-state index is 5.74. The number of hydrogen-bond donors (Lipinski definition) is 2. The summed E-state index contributed by atoms with van der Waals surface area (Å²) >= 11 is 0. The van der Waals surface area contributed by atoms with Gasteiger partial charge in [0.25, 0.3) is 0 Å². The SMILES string of the molecule is COCCOc1ccc(Nc2ncc(C)c(N)n2)cc1. The Morgan fingerprint density at radius 1 is 1.20 bits per heavy atom. The Bertz CT molecular complexity index is 558. The molecule has 1 aromatic heterocycles. The number of nitrogens with zero attached hydrogens (tertiary/aromatic N) is 2. The minimum Gasteiger partial charge on any atom is -0.491 e. The van der Waals surface area contributed by atoms with E-state index in [9.17, 15) is 0 Å². The third kappa shape index (κ3) is 3.83. The van der Waals surface area contributed by atoms with Crippen molar-refractivity contribution in [1.82, 2.24) is 9.97 Å². The van der Waals surface area contributed by atoms with Crippen molar-refractivity contribution in [2.45, 2.75) is 6.92 Å². The summed E-state index contributed by atoms with van der Waals surface area (Å²) in [5, 5.41) is 3.08. The van der Waals surface area contributed by atoms with E-state index in [4.69, 9.17) is 15.2 Å². The summed E-state index contributed by atoms with van der Waals surface area (Å²) in [6, 6.07) is 7.52. The first-order valence-corrected chi connectivity index (χ1v) is 6.27. The maximum absolute atomic E-state index is 5.74. The highest BCUT2D eigenvalue weighted by atomic mass is 16.5. The van der Waals surface area contributed by atoms with E-state index in [1.54, 1.807) is 13.3 Å². The van der Waals surface area contributed by atoms with E-state index >= 15 is 0 Å². The Balaban J connectivity index is 1.97. The zero-order valence-electron chi connectivity index (χ0n) is 11.6. The summed E-state index contributed by atoms with van der Waals surface area (Å²) in [6.07, 6.45) is 1.69. The van der Waals surface area contributed by atoms with E-state index in [1.807, 2.05) is 31.2 Å². The van der Waals surface area contributed by atoms with E-state index in [-0.39, 0.29) is 0 Å². The molecule has 0 saturated carbocycles. The predicted molar refractivity (Wildman–Crippen MR) is 78.3 cm³/mol. The lowest BCUT2D eigenvalue weighted by atomic mass is 10.3. The molecule has 6 nitrogen and oxygen atoms in total. The quantitative estimate of drug-likeness (QED) is 0.785. The van der Waals surface area contributed by atoms with Crippen LogP contribution in [-0.2, 0) is 4.74 Å². The molecular formula is C14H18N4O2. The van der Waals surface area contributed by atoms with Gasteiger partial charge >= 0.3 is 0 Å². The van der Waals surface area contributed by atoms with Gasteiger partial charge in [0, 0.05) is 24.6 Å². The summed E-state index contributed by atoms with van der Waals surface area (Å²) < 4.78 is 10.4. The van der Waals surface area contributed by atoms with Crippen molar-refractivity contribution in [1.29, 1.82) is 0 Å². The summed E-state index contributed by atoms with van der Waals surface area (Å²) in [5.41, 5.74) is 7.47. The number of ether oxygens (including phenoxy) is 2. The highest BCUT2D eigenvalue weighted by Crippen LogP contribution is 2.19. The van der Waals surface area contributed by atoms with E-state index in [2.05, 4.69) is 15.3 Å². The molecule has 0 radical (unpaired) electrons. The minimum absolute atomic E-state index is 0.473. The molecule has 0 aliphatic heterocycles. The molecule has 0 unspecified atom stereocenters. The van der Waals surface area contributed by atoms with Crippen LogP contribution in [0.3, 0.4) is 0 Å². The van der Waals surface area contributed by atoms with Gasteiger partial charge in [0.2, 0.25) is 5.95 Å². The van der Waals surface area contributed by atoms with E-state index < -0.39 is 0 Å². The first-order chi connectivity index (χ1) is 9.69. The van der Waals surface area contributed by atoms with Gasteiger partial charge in [0.1, 0.15) is 18.2 Å². The van der Waals surface area contributed by atoms with Crippen LogP contribution in [0.25, 0.3) is 0 Å². The molecule has 1 heterocycles. The second-order valence-corrected chi connectivity index (χ2v) is 4.25. The number of aryl methyl sites for hydroxylation is 1. The van der Waals surface area contributed by atoms with Crippen molar-refractivity contribution in [2.75, 3.05) is 31.4 Å². The van der Waals surface area contributed by atoms with Crippen molar-refractivity contribution < 1.29 is 9.47 Å².